The number of aryl methyl sites for hydroxylation is 1. The second-order valence-electron chi connectivity index (χ2n) is 7.88. The first-order chi connectivity index (χ1) is 14.5. The third kappa shape index (κ3) is 7.19. The first-order valence-electron chi connectivity index (χ1n) is 10.1. The number of likely N-dealkylation sites (N-methyl/N-ethyl adjacent to an activating group) is 1. The second-order valence-corrected chi connectivity index (χ2v) is 7.88. The highest BCUT2D eigenvalue weighted by atomic mass is 19.4. The van der Waals surface area contributed by atoms with Crippen LogP contribution in [-0.4, -0.2) is 91.6 Å². The highest BCUT2D eigenvalue weighted by molar-refractivity contribution is 5.94. The summed E-state index contributed by atoms with van der Waals surface area (Å²) >= 11 is 0. The Bertz CT molecular complexity index is 740. The molecular weight excluding hydrogens is 417 g/mol. The number of ether oxygens (including phenoxy) is 2. The Labute approximate surface area is 179 Å². The second kappa shape index (κ2) is 10.9. The monoisotopic (exact) mass is 446 g/mol. The summed E-state index contributed by atoms with van der Waals surface area (Å²) in [6.45, 7) is 4.96. The van der Waals surface area contributed by atoms with Crippen molar-refractivity contribution in [2.45, 2.75) is 44.2 Å². The lowest BCUT2D eigenvalue weighted by Gasteiger charge is -2.32. The molecule has 0 aliphatic carbocycles. The fourth-order valence-corrected chi connectivity index (χ4v) is 3.54. The molecule has 31 heavy (non-hydrogen) atoms. The molecule has 1 aromatic rings. The van der Waals surface area contributed by atoms with E-state index in [2.05, 4.69) is 4.90 Å². The van der Waals surface area contributed by atoms with Gasteiger partial charge in [0, 0.05) is 18.7 Å². The minimum absolute atomic E-state index is 0.00955. The maximum Gasteiger partial charge on any atom is 0.490 e. The van der Waals surface area contributed by atoms with Crippen molar-refractivity contribution >= 4 is 11.9 Å². The zero-order valence-electron chi connectivity index (χ0n) is 17.9. The van der Waals surface area contributed by atoms with E-state index in [9.17, 15) is 18.0 Å². The Morgan fingerprint density at radius 2 is 1.87 bits per heavy atom. The minimum Gasteiger partial charge on any atom is -0.475 e. The molecule has 2 heterocycles. The van der Waals surface area contributed by atoms with E-state index >= 15 is 0 Å². The number of hydrogen-bond donors (Lipinski definition) is 1. The van der Waals surface area contributed by atoms with Crippen molar-refractivity contribution in [3.05, 3.63) is 35.4 Å². The molecule has 2 fully saturated rings. The fourth-order valence-electron chi connectivity index (χ4n) is 3.54. The number of alkyl halides is 3. The summed E-state index contributed by atoms with van der Waals surface area (Å²) < 4.78 is 43.8. The summed E-state index contributed by atoms with van der Waals surface area (Å²) in [7, 11) is 4.07. The SMILES string of the molecule is Cc1ccc(C(=O)N2C[C@H](OCCN(C)C)[C@H]3OCCC[C@H]32)cc1.O=C(O)C(F)(F)F. The van der Waals surface area contributed by atoms with E-state index < -0.39 is 12.1 Å². The maximum absolute atomic E-state index is 12.9. The molecule has 2 aliphatic rings. The molecular formula is C21H29F3N2O5. The molecule has 3 rings (SSSR count). The molecule has 7 nitrogen and oxygen atoms in total. The van der Waals surface area contributed by atoms with Gasteiger partial charge in [-0.1, -0.05) is 17.7 Å². The van der Waals surface area contributed by atoms with E-state index in [1.807, 2.05) is 50.2 Å². The van der Waals surface area contributed by atoms with Gasteiger partial charge in [0.15, 0.2) is 0 Å². The van der Waals surface area contributed by atoms with Crippen LogP contribution < -0.4 is 0 Å². The van der Waals surface area contributed by atoms with Crippen LogP contribution in [0.2, 0.25) is 0 Å². The number of hydrogen-bond acceptors (Lipinski definition) is 5. The Morgan fingerprint density at radius 3 is 2.42 bits per heavy atom. The predicted molar refractivity (Wildman–Crippen MR) is 107 cm³/mol. The third-order valence-electron chi connectivity index (χ3n) is 5.15. The lowest BCUT2D eigenvalue weighted by atomic mass is 10.0. The number of aliphatic carboxylic acids is 1. The number of carboxylic acids is 1. The Morgan fingerprint density at radius 1 is 1.26 bits per heavy atom. The quantitative estimate of drug-likeness (QED) is 0.749. The van der Waals surface area contributed by atoms with Crippen molar-refractivity contribution in [3.8, 4) is 0 Å². The lowest BCUT2D eigenvalue weighted by molar-refractivity contribution is -0.192. The zero-order chi connectivity index (χ0) is 23.2. The van der Waals surface area contributed by atoms with Gasteiger partial charge >= 0.3 is 12.1 Å². The van der Waals surface area contributed by atoms with Gasteiger partial charge in [-0.2, -0.15) is 13.2 Å². The summed E-state index contributed by atoms with van der Waals surface area (Å²) in [5.74, 6) is -2.67. The van der Waals surface area contributed by atoms with E-state index in [0.29, 0.717) is 13.2 Å². The smallest absolute Gasteiger partial charge is 0.475 e. The summed E-state index contributed by atoms with van der Waals surface area (Å²) in [6.07, 6.45) is -3.10. The number of carboxylic acid groups (broad SMARTS) is 1. The number of carbonyl (C=O) groups excluding carboxylic acids is 1. The van der Waals surface area contributed by atoms with E-state index in [1.54, 1.807) is 0 Å². The van der Waals surface area contributed by atoms with Crippen LogP contribution >= 0.6 is 0 Å². The largest absolute Gasteiger partial charge is 0.490 e. The molecule has 1 amide bonds. The number of nitrogens with zero attached hydrogens (tertiary/aromatic N) is 2. The first kappa shape index (κ1) is 25.1. The Hall–Kier alpha value is -2.17. The summed E-state index contributed by atoms with van der Waals surface area (Å²) in [5.41, 5.74) is 1.91. The van der Waals surface area contributed by atoms with Gasteiger partial charge in [-0.15, -0.1) is 0 Å². The van der Waals surface area contributed by atoms with E-state index in [1.165, 1.54) is 0 Å². The zero-order valence-corrected chi connectivity index (χ0v) is 17.9. The van der Waals surface area contributed by atoms with Gasteiger partial charge in [0.05, 0.1) is 19.2 Å². The van der Waals surface area contributed by atoms with Crippen LogP contribution in [0.4, 0.5) is 13.2 Å². The van der Waals surface area contributed by atoms with Gasteiger partial charge in [0.1, 0.15) is 12.2 Å². The average molecular weight is 446 g/mol. The maximum atomic E-state index is 12.9. The topological polar surface area (TPSA) is 79.3 Å². The number of amides is 1. The third-order valence-corrected chi connectivity index (χ3v) is 5.15. The van der Waals surface area contributed by atoms with Crippen LogP contribution in [-0.2, 0) is 14.3 Å². The summed E-state index contributed by atoms with van der Waals surface area (Å²) in [4.78, 5) is 25.9. The van der Waals surface area contributed by atoms with Gasteiger partial charge < -0.3 is 24.4 Å². The summed E-state index contributed by atoms with van der Waals surface area (Å²) in [5, 5.41) is 7.12. The molecule has 3 atom stereocenters. The van der Waals surface area contributed by atoms with Crippen LogP contribution in [0.15, 0.2) is 24.3 Å². The van der Waals surface area contributed by atoms with Crippen LogP contribution in [0.25, 0.3) is 0 Å². The number of benzene rings is 1. The molecule has 174 valence electrons. The van der Waals surface area contributed by atoms with Gasteiger partial charge in [-0.3, -0.25) is 4.79 Å². The van der Waals surface area contributed by atoms with Crippen molar-refractivity contribution < 1.29 is 37.3 Å². The molecule has 1 aromatic carbocycles. The molecule has 0 radical (unpaired) electrons. The number of fused-ring (bicyclic) bond motifs is 1. The number of halogens is 3. The molecule has 0 unspecified atom stereocenters. The minimum atomic E-state index is -5.08. The highest BCUT2D eigenvalue weighted by Gasteiger charge is 2.46. The number of carbonyl (C=O) groups is 2. The highest BCUT2D eigenvalue weighted by Crippen LogP contribution is 2.31. The molecule has 2 saturated heterocycles. The van der Waals surface area contributed by atoms with E-state index in [-0.39, 0.29) is 24.2 Å². The molecule has 0 spiro atoms. The number of likely N-dealkylation sites (tertiary alicyclic amines) is 1. The van der Waals surface area contributed by atoms with Crippen molar-refractivity contribution in [2.75, 3.05) is 40.4 Å². The molecule has 0 bridgehead atoms. The van der Waals surface area contributed by atoms with E-state index in [4.69, 9.17) is 19.4 Å². The van der Waals surface area contributed by atoms with Crippen molar-refractivity contribution in [1.29, 1.82) is 0 Å². The molecule has 10 heteroatoms. The van der Waals surface area contributed by atoms with Crippen LogP contribution in [0.5, 0.6) is 0 Å². The van der Waals surface area contributed by atoms with Crippen molar-refractivity contribution in [1.82, 2.24) is 9.80 Å². The van der Waals surface area contributed by atoms with Crippen molar-refractivity contribution in [2.24, 2.45) is 0 Å². The van der Waals surface area contributed by atoms with E-state index in [0.717, 1.165) is 37.1 Å². The first-order valence-corrected chi connectivity index (χ1v) is 10.1. The average Bonchev–Trinajstić information content (AvgIpc) is 3.06. The van der Waals surface area contributed by atoms with Crippen LogP contribution in [0.1, 0.15) is 28.8 Å². The van der Waals surface area contributed by atoms with Gasteiger partial charge in [-0.05, 0) is 46.0 Å². The van der Waals surface area contributed by atoms with Gasteiger partial charge in [0.2, 0.25) is 0 Å². The number of rotatable bonds is 5. The summed E-state index contributed by atoms with van der Waals surface area (Å²) in [6, 6.07) is 7.94. The lowest BCUT2D eigenvalue weighted by Crippen LogP contribution is -2.44. The molecule has 2 aliphatic heterocycles. The molecule has 1 N–H and O–H groups in total. The standard InChI is InChI=1S/C19H28N2O3.C2HF3O2/c1-14-6-8-15(9-7-14)19(22)21-13-17(23-12-10-20(2)3)18-16(21)5-4-11-24-18;3-2(4,5)1(6)7/h6-9,16-18H,4-5,10-13H2,1-3H3;(H,6,7)/t16-,17+,18+;/m1./s1. The predicted octanol–water partition coefficient (Wildman–Crippen LogP) is 2.58. The Balaban J connectivity index is 0.000000423. The van der Waals surface area contributed by atoms with Gasteiger partial charge in [-0.25, -0.2) is 4.79 Å². The molecule has 0 saturated carbocycles. The van der Waals surface area contributed by atoms with Crippen molar-refractivity contribution in [3.63, 3.8) is 0 Å². The normalized spacial score (nSPS) is 23.2. The Kier molecular flexibility index (Phi) is 8.84. The fraction of sp³-hybridized carbons (Fsp3) is 0.619. The van der Waals surface area contributed by atoms with Crippen LogP contribution in [0.3, 0.4) is 0 Å². The van der Waals surface area contributed by atoms with Crippen LogP contribution in [0, 0.1) is 6.92 Å². The molecule has 0 aromatic heterocycles. The van der Waals surface area contributed by atoms with Gasteiger partial charge in [0.25, 0.3) is 5.91 Å².